The predicted molar refractivity (Wildman–Crippen MR) is 81.6 cm³/mol. The van der Waals surface area contributed by atoms with Gasteiger partial charge in [0.1, 0.15) is 0 Å². The quantitative estimate of drug-likeness (QED) is 0.709. The summed E-state index contributed by atoms with van der Waals surface area (Å²) < 4.78 is 0. The maximum atomic E-state index is 6.70. The number of hydrogen-bond donors (Lipinski definition) is 1. The Morgan fingerprint density at radius 1 is 1.11 bits per heavy atom. The average Bonchev–Trinajstić information content (AvgIpc) is 2.13. The largest absolute Gasteiger partial charge is 0.325 e. The molecule has 1 aliphatic rings. The van der Waals surface area contributed by atoms with Crippen LogP contribution in [0.4, 0.5) is 0 Å². The Hall–Kier alpha value is -0.0400. The van der Waals surface area contributed by atoms with Crippen LogP contribution in [0.1, 0.15) is 79.6 Å². The second-order valence-corrected chi connectivity index (χ2v) is 7.89. The van der Waals surface area contributed by atoms with Crippen LogP contribution in [-0.2, 0) is 0 Å². The first-order chi connectivity index (χ1) is 8.31. The van der Waals surface area contributed by atoms with Gasteiger partial charge in [0.15, 0.2) is 0 Å². The molecule has 0 aromatic carbocycles. The summed E-state index contributed by atoms with van der Waals surface area (Å²) in [6.07, 6.45) is 9.22. The van der Waals surface area contributed by atoms with Crippen molar-refractivity contribution in [2.75, 3.05) is 0 Å². The van der Waals surface area contributed by atoms with Gasteiger partial charge in [0.05, 0.1) is 0 Å². The molecule has 3 unspecified atom stereocenters. The Morgan fingerprint density at radius 3 is 2.33 bits per heavy atom. The fourth-order valence-electron chi connectivity index (χ4n) is 4.16. The first kappa shape index (κ1) is 16.0. The summed E-state index contributed by atoms with van der Waals surface area (Å²) in [7, 11) is 0. The fourth-order valence-corrected chi connectivity index (χ4v) is 4.16. The molecule has 18 heavy (non-hydrogen) atoms. The van der Waals surface area contributed by atoms with E-state index in [2.05, 4.69) is 34.6 Å². The first-order valence-corrected chi connectivity index (χ1v) is 8.09. The zero-order chi connectivity index (χ0) is 13.8. The minimum Gasteiger partial charge on any atom is -0.325 e. The molecule has 3 atom stereocenters. The van der Waals surface area contributed by atoms with Crippen molar-refractivity contribution in [1.82, 2.24) is 0 Å². The topological polar surface area (TPSA) is 26.0 Å². The second-order valence-electron chi connectivity index (χ2n) is 7.89. The van der Waals surface area contributed by atoms with Crippen LogP contribution in [0.15, 0.2) is 0 Å². The van der Waals surface area contributed by atoms with Crippen molar-refractivity contribution in [3.63, 3.8) is 0 Å². The second kappa shape index (κ2) is 6.93. The highest BCUT2D eigenvalue weighted by molar-refractivity contribution is 4.92. The van der Waals surface area contributed by atoms with Crippen LogP contribution in [0.3, 0.4) is 0 Å². The number of hydrogen-bond acceptors (Lipinski definition) is 1. The Kier molecular flexibility index (Phi) is 6.17. The van der Waals surface area contributed by atoms with Crippen LogP contribution >= 0.6 is 0 Å². The molecule has 1 aliphatic carbocycles. The van der Waals surface area contributed by atoms with E-state index >= 15 is 0 Å². The van der Waals surface area contributed by atoms with E-state index in [-0.39, 0.29) is 5.54 Å². The minimum absolute atomic E-state index is 0.145. The Balaban J connectivity index is 2.46. The van der Waals surface area contributed by atoms with Crippen LogP contribution < -0.4 is 5.73 Å². The van der Waals surface area contributed by atoms with Crippen molar-refractivity contribution in [1.29, 1.82) is 0 Å². The SMILES string of the molecule is CC(C)CC(C)CC1(N)CCCC(CC(C)C)C1. The molecule has 108 valence electrons. The summed E-state index contributed by atoms with van der Waals surface area (Å²) in [5.41, 5.74) is 6.85. The normalized spacial score (nSPS) is 31.0. The van der Waals surface area contributed by atoms with E-state index in [0.29, 0.717) is 0 Å². The van der Waals surface area contributed by atoms with E-state index in [9.17, 15) is 0 Å². The van der Waals surface area contributed by atoms with Gasteiger partial charge in [-0.1, -0.05) is 47.5 Å². The molecule has 0 spiro atoms. The average molecular weight is 253 g/mol. The van der Waals surface area contributed by atoms with E-state index in [0.717, 1.165) is 23.7 Å². The highest BCUT2D eigenvalue weighted by Gasteiger charge is 2.34. The zero-order valence-corrected chi connectivity index (χ0v) is 13.3. The van der Waals surface area contributed by atoms with Gasteiger partial charge in [0.2, 0.25) is 0 Å². The summed E-state index contributed by atoms with van der Waals surface area (Å²) >= 11 is 0. The molecule has 1 saturated carbocycles. The van der Waals surface area contributed by atoms with Gasteiger partial charge in [0, 0.05) is 5.54 Å². The van der Waals surface area contributed by atoms with E-state index in [1.54, 1.807) is 0 Å². The Bertz CT molecular complexity index is 230. The number of rotatable bonds is 6. The van der Waals surface area contributed by atoms with Crippen molar-refractivity contribution in [3.8, 4) is 0 Å². The molecule has 0 heterocycles. The summed E-state index contributed by atoms with van der Waals surface area (Å²) in [5.74, 6) is 3.30. The molecule has 0 aromatic rings. The first-order valence-electron chi connectivity index (χ1n) is 8.09. The molecule has 1 fully saturated rings. The lowest BCUT2D eigenvalue weighted by atomic mass is 9.70. The van der Waals surface area contributed by atoms with Crippen molar-refractivity contribution in [2.45, 2.75) is 85.1 Å². The monoisotopic (exact) mass is 253 g/mol. The third-order valence-corrected chi connectivity index (χ3v) is 4.42. The highest BCUT2D eigenvalue weighted by atomic mass is 14.7. The third-order valence-electron chi connectivity index (χ3n) is 4.42. The maximum absolute atomic E-state index is 6.70. The van der Waals surface area contributed by atoms with E-state index in [1.165, 1.54) is 44.9 Å². The maximum Gasteiger partial charge on any atom is 0.0159 e. The van der Waals surface area contributed by atoms with Crippen LogP contribution in [-0.4, -0.2) is 5.54 Å². The van der Waals surface area contributed by atoms with E-state index < -0.39 is 0 Å². The summed E-state index contributed by atoms with van der Waals surface area (Å²) in [4.78, 5) is 0. The molecule has 1 rings (SSSR count). The van der Waals surface area contributed by atoms with Crippen LogP contribution in [0.5, 0.6) is 0 Å². The van der Waals surface area contributed by atoms with Crippen molar-refractivity contribution in [3.05, 3.63) is 0 Å². The number of nitrogens with two attached hydrogens (primary N) is 1. The molecular weight excluding hydrogens is 218 g/mol. The van der Waals surface area contributed by atoms with Crippen LogP contribution in [0.2, 0.25) is 0 Å². The van der Waals surface area contributed by atoms with Gasteiger partial charge in [0.25, 0.3) is 0 Å². The van der Waals surface area contributed by atoms with Crippen molar-refractivity contribution in [2.24, 2.45) is 29.4 Å². The van der Waals surface area contributed by atoms with Crippen LogP contribution in [0.25, 0.3) is 0 Å². The lowest BCUT2D eigenvalue weighted by Gasteiger charge is -2.40. The van der Waals surface area contributed by atoms with E-state index in [1.807, 2.05) is 0 Å². The zero-order valence-electron chi connectivity index (χ0n) is 13.3. The molecule has 1 nitrogen and oxygen atoms in total. The lowest BCUT2D eigenvalue weighted by molar-refractivity contribution is 0.168. The van der Waals surface area contributed by atoms with Gasteiger partial charge in [-0.15, -0.1) is 0 Å². The minimum atomic E-state index is 0.145. The van der Waals surface area contributed by atoms with Gasteiger partial charge in [-0.05, 0) is 55.8 Å². The Labute approximate surface area is 115 Å². The van der Waals surface area contributed by atoms with Gasteiger partial charge < -0.3 is 5.73 Å². The molecule has 0 aromatic heterocycles. The molecule has 0 radical (unpaired) electrons. The van der Waals surface area contributed by atoms with Gasteiger partial charge in [-0.2, -0.15) is 0 Å². The summed E-state index contributed by atoms with van der Waals surface area (Å²) in [5, 5.41) is 0. The predicted octanol–water partition coefficient (Wildman–Crippen LogP) is 4.99. The van der Waals surface area contributed by atoms with Gasteiger partial charge in [-0.3, -0.25) is 0 Å². The molecule has 0 saturated heterocycles. The molecule has 0 bridgehead atoms. The lowest BCUT2D eigenvalue weighted by Crippen LogP contribution is -2.45. The third kappa shape index (κ3) is 5.73. The molecule has 1 heteroatoms. The molecular formula is C17H35N. The van der Waals surface area contributed by atoms with Gasteiger partial charge >= 0.3 is 0 Å². The summed E-state index contributed by atoms with van der Waals surface area (Å²) in [6, 6.07) is 0. The molecule has 0 aliphatic heterocycles. The molecule has 0 amide bonds. The fraction of sp³-hybridized carbons (Fsp3) is 1.00. The van der Waals surface area contributed by atoms with Gasteiger partial charge in [-0.25, -0.2) is 0 Å². The Morgan fingerprint density at radius 2 is 1.78 bits per heavy atom. The smallest absolute Gasteiger partial charge is 0.0159 e. The highest BCUT2D eigenvalue weighted by Crippen LogP contribution is 2.38. The van der Waals surface area contributed by atoms with Crippen molar-refractivity contribution >= 4 is 0 Å². The standard InChI is InChI=1S/C17H35N/c1-13(2)9-15(5)11-17(18)8-6-7-16(12-17)10-14(3)4/h13-16H,6-12,18H2,1-5H3. The van der Waals surface area contributed by atoms with Crippen LogP contribution in [0, 0.1) is 23.7 Å². The van der Waals surface area contributed by atoms with E-state index in [4.69, 9.17) is 5.73 Å². The summed E-state index contributed by atoms with van der Waals surface area (Å²) in [6.45, 7) is 11.7. The molecule has 2 N–H and O–H groups in total. The van der Waals surface area contributed by atoms with Crippen molar-refractivity contribution < 1.29 is 0 Å².